The van der Waals surface area contributed by atoms with E-state index in [4.69, 9.17) is 9.72 Å². The molecule has 2 aromatic heterocycles. The lowest BCUT2D eigenvalue weighted by Crippen LogP contribution is -2.37. The number of nitrogens with zero attached hydrogens (tertiary/aromatic N) is 4. The van der Waals surface area contributed by atoms with Crippen molar-refractivity contribution in [3.8, 4) is 11.5 Å². The highest BCUT2D eigenvalue weighted by Gasteiger charge is 2.13. The van der Waals surface area contributed by atoms with Crippen LogP contribution in [0.2, 0.25) is 0 Å². The van der Waals surface area contributed by atoms with Gasteiger partial charge < -0.3 is 24.8 Å². The van der Waals surface area contributed by atoms with Crippen LogP contribution in [0.4, 0.5) is 11.6 Å². The molecule has 4 aromatic rings. The Kier molecular flexibility index (Phi) is 7.13. The van der Waals surface area contributed by atoms with Gasteiger partial charge in [-0.05, 0) is 63.2 Å². The number of anilines is 2. The third kappa shape index (κ3) is 5.66. The Balaban J connectivity index is 1.24. The number of imidazole rings is 1. The normalized spacial score (nSPS) is 14.1. The van der Waals surface area contributed by atoms with Gasteiger partial charge in [-0.3, -0.25) is 9.78 Å². The topological polar surface area (TPSA) is 84.3 Å². The lowest BCUT2D eigenvalue weighted by Gasteiger charge is -2.26. The Morgan fingerprint density at radius 2 is 1.78 bits per heavy atom. The molecular formula is C28H32N6O2. The van der Waals surface area contributed by atoms with Crippen LogP contribution in [0.1, 0.15) is 35.3 Å². The fraction of sp³-hybridized carbons (Fsp3) is 0.321. The van der Waals surface area contributed by atoms with Crippen LogP contribution in [0.3, 0.4) is 0 Å². The number of carbonyl (C=O) groups is 1. The standard InChI is InChI=1S/C28H32N6O2/c1-20-6-8-21(9-7-20)31-28-32-24-18-22(10-11-26(24)33(28)2)36-23-12-13-29-25(19-23)27(35)30-14-17-34-15-4-3-5-16-34/h6-13,18-19H,3-5,14-17H2,1-2H3,(H,30,35)(H,31,32). The molecule has 5 rings (SSSR count). The lowest BCUT2D eigenvalue weighted by atomic mass is 10.1. The van der Waals surface area contributed by atoms with E-state index in [1.807, 2.05) is 41.9 Å². The van der Waals surface area contributed by atoms with Crippen molar-refractivity contribution in [3.63, 3.8) is 0 Å². The first-order valence-electron chi connectivity index (χ1n) is 12.5. The highest BCUT2D eigenvalue weighted by Crippen LogP contribution is 2.28. The van der Waals surface area contributed by atoms with Gasteiger partial charge in [0, 0.05) is 44.2 Å². The Hall–Kier alpha value is -3.91. The minimum atomic E-state index is -0.190. The number of ether oxygens (including phenoxy) is 1. The fourth-order valence-electron chi connectivity index (χ4n) is 4.46. The van der Waals surface area contributed by atoms with Crippen LogP contribution < -0.4 is 15.4 Å². The van der Waals surface area contributed by atoms with Gasteiger partial charge in [-0.2, -0.15) is 0 Å². The molecule has 2 aromatic carbocycles. The zero-order chi connectivity index (χ0) is 24.9. The third-order valence-electron chi connectivity index (χ3n) is 6.52. The van der Waals surface area contributed by atoms with Gasteiger partial charge in [-0.15, -0.1) is 0 Å². The van der Waals surface area contributed by atoms with Crippen LogP contribution in [-0.4, -0.2) is 51.5 Å². The minimum absolute atomic E-state index is 0.190. The van der Waals surface area contributed by atoms with Crippen molar-refractivity contribution < 1.29 is 9.53 Å². The van der Waals surface area contributed by atoms with E-state index in [9.17, 15) is 4.79 Å². The molecule has 36 heavy (non-hydrogen) atoms. The van der Waals surface area contributed by atoms with E-state index >= 15 is 0 Å². The molecular weight excluding hydrogens is 452 g/mol. The summed E-state index contributed by atoms with van der Waals surface area (Å²) in [6.45, 7) is 5.77. The molecule has 0 saturated carbocycles. The van der Waals surface area contributed by atoms with Crippen molar-refractivity contribution in [1.82, 2.24) is 24.8 Å². The molecule has 186 valence electrons. The Morgan fingerprint density at radius 1 is 1.00 bits per heavy atom. The molecule has 8 heteroatoms. The quantitative estimate of drug-likeness (QED) is 0.365. The smallest absolute Gasteiger partial charge is 0.270 e. The van der Waals surface area contributed by atoms with Crippen molar-refractivity contribution >= 4 is 28.6 Å². The van der Waals surface area contributed by atoms with Crippen LogP contribution in [0.25, 0.3) is 11.0 Å². The van der Waals surface area contributed by atoms with Gasteiger partial charge in [0.15, 0.2) is 0 Å². The van der Waals surface area contributed by atoms with Crippen LogP contribution in [0, 0.1) is 6.92 Å². The average molecular weight is 485 g/mol. The monoisotopic (exact) mass is 484 g/mol. The summed E-state index contributed by atoms with van der Waals surface area (Å²) in [5, 5.41) is 6.35. The van der Waals surface area contributed by atoms with Crippen LogP contribution in [0.15, 0.2) is 60.8 Å². The summed E-state index contributed by atoms with van der Waals surface area (Å²) in [5.74, 6) is 1.76. The van der Waals surface area contributed by atoms with E-state index in [1.165, 1.54) is 24.8 Å². The first-order valence-corrected chi connectivity index (χ1v) is 12.5. The van der Waals surface area contributed by atoms with E-state index in [-0.39, 0.29) is 5.91 Å². The van der Waals surface area contributed by atoms with E-state index < -0.39 is 0 Å². The number of amides is 1. The summed E-state index contributed by atoms with van der Waals surface area (Å²) in [7, 11) is 1.98. The minimum Gasteiger partial charge on any atom is -0.457 e. The van der Waals surface area contributed by atoms with Gasteiger partial charge in [0.05, 0.1) is 11.0 Å². The number of likely N-dealkylation sites (tertiary alicyclic amines) is 1. The van der Waals surface area contributed by atoms with Crippen LogP contribution in [0.5, 0.6) is 11.5 Å². The highest BCUT2D eigenvalue weighted by atomic mass is 16.5. The summed E-state index contributed by atoms with van der Waals surface area (Å²) in [6.07, 6.45) is 5.38. The number of aromatic nitrogens is 3. The van der Waals surface area contributed by atoms with Crippen molar-refractivity contribution in [2.24, 2.45) is 7.05 Å². The molecule has 0 aliphatic carbocycles. The predicted octanol–water partition coefficient (Wildman–Crippen LogP) is 5.03. The van der Waals surface area contributed by atoms with Crippen LogP contribution in [-0.2, 0) is 7.05 Å². The van der Waals surface area contributed by atoms with Crippen molar-refractivity contribution in [2.75, 3.05) is 31.5 Å². The number of carbonyl (C=O) groups excluding carboxylic acids is 1. The van der Waals surface area contributed by atoms with Crippen molar-refractivity contribution in [1.29, 1.82) is 0 Å². The van der Waals surface area contributed by atoms with Crippen LogP contribution >= 0.6 is 0 Å². The van der Waals surface area contributed by atoms with E-state index in [0.717, 1.165) is 42.3 Å². The molecule has 2 N–H and O–H groups in total. The average Bonchev–Trinajstić information content (AvgIpc) is 3.20. The molecule has 1 aliphatic heterocycles. The number of pyridine rings is 1. The second-order valence-corrected chi connectivity index (χ2v) is 9.27. The molecule has 1 fully saturated rings. The van der Waals surface area contributed by atoms with Crippen molar-refractivity contribution in [2.45, 2.75) is 26.2 Å². The third-order valence-corrected chi connectivity index (χ3v) is 6.52. The van der Waals surface area contributed by atoms with Gasteiger partial charge in [-0.1, -0.05) is 24.1 Å². The highest BCUT2D eigenvalue weighted by molar-refractivity contribution is 5.92. The Bertz CT molecular complexity index is 1340. The summed E-state index contributed by atoms with van der Waals surface area (Å²) >= 11 is 0. The summed E-state index contributed by atoms with van der Waals surface area (Å²) < 4.78 is 8.07. The number of hydrogen-bond donors (Lipinski definition) is 2. The Morgan fingerprint density at radius 3 is 2.58 bits per heavy atom. The van der Waals surface area contributed by atoms with Crippen molar-refractivity contribution in [3.05, 3.63) is 72.1 Å². The predicted molar refractivity (Wildman–Crippen MR) is 142 cm³/mol. The summed E-state index contributed by atoms with van der Waals surface area (Å²) in [4.78, 5) is 24.0. The molecule has 1 amide bonds. The summed E-state index contributed by atoms with van der Waals surface area (Å²) in [5.41, 5.74) is 4.33. The number of benzene rings is 2. The molecule has 1 aliphatic rings. The lowest BCUT2D eigenvalue weighted by molar-refractivity contribution is 0.0941. The van der Waals surface area contributed by atoms with Gasteiger partial charge in [-0.25, -0.2) is 4.98 Å². The van der Waals surface area contributed by atoms with E-state index in [0.29, 0.717) is 23.7 Å². The Labute approximate surface area is 211 Å². The number of fused-ring (bicyclic) bond motifs is 1. The molecule has 1 saturated heterocycles. The zero-order valence-corrected chi connectivity index (χ0v) is 20.8. The first-order chi connectivity index (χ1) is 17.5. The number of aryl methyl sites for hydroxylation is 2. The second kappa shape index (κ2) is 10.8. The van der Waals surface area contributed by atoms with Gasteiger partial charge in [0.1, 0.15) is 17.2 Å². The fourth-order valence-corrected chi connectivity index (χ4v) is 4.46. The molecule has 3 heterocycles. The molecule has 0 spiro atoms. The molecule has 0 atom stereocenters. The number of rotatable bonds is 8. The second-order valence-electron chi connectivity index (χ2n) is 9.27. The molecule has 0 unspecified atom stereocenters. The SMILES string of the molecule is Cc1ccc(Nc2nc3cc(Oc4ccnc(C(=O)NCCN5CCCCC5)c4)ccc3n2C)cc1. The maximum absolute atomic E-state index is 12.6. The number of piperidine rings is 1. The maximum atomic E-state index is 12.6. The summed E-state index contributed by atoms with van der Waals surface area (Å²) in [6, 6.07) is 17.4. The number of nitrogens with one attached hydrogen (secondary N) is 2. The van der Waals surface area contributed by atoms with Gasteiger partial charge >= 0.3 is 0 Å². The van der Waals surface area contributed by atoms with E-state index in [2.05, 4.69) is 39.6 Å². The largest absolute Gasteiger partial charge is 0.457 e. The van der Waals surface area contributed by atoms with Gasteiger partial charge in [0.25, 0.3) is 5.91 Å². The maximum Gasteiger partial charge on any atom is 0.270 e. The number of hydrogen-bond acceptors (Lipinski definition) is 6. The van der Waals surface area contributed by atoms with E-state index in [1.54, 1.807) is 18.3 Å². The zero-order valence-electron chi connectivity index (χ0n) is 20.8. The first kappa shape index (κ1) is 23.8. The molecule has 8 nitrogen and oxygen atoms in total. The molecule has 0 bridgehead atoms. The van der Waals surface area contributed by atoms with Gasteiger partial charge in [0.2, 0.25) is 5.95 Å². The molecule has 0 radical (unpaired) electrons.